The number of non-ortho nitro benzene ring substituents is 1. The molecule has 2 saturated heterocycles. The van der Waals surface area contributed by atoms with E-state index in [9.17, 15) is 10.1 Å². The third kappa shape index (κ3) is 10.1. The van der Waals surface area contributed by atoms with Gasteiger partial charge in [-0.25, -0.2) is 0 Å². The normalized spacial score (nSPS) is 16.0. The van der Waals surface area contributed by atoms with Gasteiger partial charge in [0.1, 0.15) is 12.2 Å². The van der Waals surface area contributed by atoms with E-state index in [0.717, 1.165) is 70.7 Å². The summed E-state index contributed by atoms with van der Waals surface area (Å²) in [5.74, 6) is 2.45. The van der Waals surface area contributed by atoms with Crippen molar-refractivity contribution in [3.8, 4) is 23.0 Å². The van der Waals surface area contributed by atoms with E-state index in [1.54, 1.807) is 19.2 Å². The van der Waals surface area contributed by atoms with Crippen molar-refractivity contribution in [1.82, 2.24) is 9.80 Å². The summed E-state index contributed by atoms with van der Waals surface area (Å²) in [4.78, 5) is 15.3. The Hall–Kier alpha value is -4.80. The Morgan fingerprint density at radius 1 is 0.646 bits per heavy atom. The van der Waals surface area contributed by atoms with Crippen molar-refractivity contribution in [2.45, 2.75) is 51.0 Å². The molecule has 10 heteroatoms. The SMILES string of the molecule is COc1cc(N)ccc1OC1CCN(Cc2ccccc2)CC1.COc1cc([N+](=O)[O-])ccc1OC1CCN(Cc2ccccc2)CC1. The second-order valence-electron chi connectivity index (χ2n) is 12.2. The summed E-state index contributed by atoms with van der Waals surface area (Å²) < 4.78 is 22.8. The fraction of sp³-hybridized carbons (Fsp3) is 0.368. The van der Waals surface area contributed by atoms with E-state index in [2.05, 4.69) is 64.4 Å². The molecule has 2 N–H and O–H groups in total. The van der Waals surface area contributed by atoms with Gasteiger partial charge in [0.25, 0.3) is 5.69 Å². The summed E-state index contributed by atoms with van der Waals surface area (Å²) in [6, 6.07) is 31.1. The molecule has 0 saturated carbocycles. The summed E-state index contributed by atoms with van der Waals surface area (Å²) in [7, 11) is 3.14. The average molecular weight is 655 g/mol. The number of rotatable bonds is 11. The first-order valence-electron chi connectivity index (χ1n) is 16.5. The summed E-state index contributed by atoms with van der Waals surface area (Å²) in [5.41, 5.74) is 9.16. The predicted molar refractivity (Wildman–Crippen MR) is 188 cm³/mol. The van der Waals surface area contributed by atoms with E-state index < -0.39 is 4.92 Å². The largest absolute Gasteiger partial charge is 0.493 e. The van der Waals surface area contributed by atoms with Crippen LogP contribution in [0.15, 0.2) is 97.1 Å². The highest BCUT2D eigenvalue weighted by Crippen LogP contribution is 2.34. The number of benzene rings is 4. The second-order valence-corrected chi connectivity index (χ2v) is 12.2. The minimum absolute atomic E-state index is 0.00174. The topological polar surface area (TPSA) is 113 Å². The number of ether oxygens (including phenoxy) is 4. The third-order valence-electron chi connectivity index (χ3n) is 8.70. The zero-order chi connectivity index (χ0) is 33.7. The molecule has 0 spiro atoms. The molecule has 2 heterocycles. The first kappa shape index (κ1) is 34.5. The number of nitro benzene ring substituents is 1. The lowest BCUT2D eigenvalue weighted by molar-refractivity contribution is -0.385. The van der Waals surface area contributed by atoms with E-state index in [1.807, 2.05) is 18.2 Å². The van der Waals surface area contributed by atoms with E-state index in [0.29, 0.717) is 22.9 Å². The number of nitro groups is 1. The maximum Gasteiger partial charge on any atom is 0.273 e. The first-order chi connectivity index (χ1) is 23.4. The van der Waals surface area contributed by atoms with Gasteiger partial charge in [0.05, 0.1) is 25.2 Å². The highest BCUT2D eigenvalue weighted by Gasteiger charge is 2.23. The Labute approximate surface area is 283 Å². The van der Waals surface area contributed by atoms with Crippen LogP contribution in [0.2, 0.25) is 0 Å². The molecule has 48 heavy (non-hydrogen) atoms. The predicted octanol–water partition coefficient (Wildman–Crippen LogP) is 6.97. The monoisotopic (exact) mass is 654 g/mol. The Kier molecular flexibility index (Phi) is 12.5. The van der Waals surface area contributed by atoms with Gasteiger partial charge in [-0.1, -0.05) is 60.7 Å². The molecule has 0 amide bonds. The van der Waals surface area contributed by atoms with Gasteiger partial charge in [-0.3, -0.25) is 19.9 Å². The van der Waals surface area contributed by atoms with Gasteiger partial charge in [0.2, 0.25) is 0 Å². The molecule has 0 bridgehead atoms. The molecule has 2 aliphatic heterocycles. The number of nitrogens with zero attached hydrogens (tertiary/aromatic N) is 3. The molecule has 0 aromatic heterocycles. The fourth-order valence-corrected chi connectivity index (χ4v) is 6.06. The molecule has 0 atom stereocenters. The molecule has 0 radical (unpaired) electrons. The van der Waals surface area contributed by atoms with Gasteiger partial charge in [-0.2, -0.15) is 0 Å². The summed E-state index contributed by atoms with van der Waals surface area (Å²) in [6.45, 7) is 6.00. The average Bonchev–Trinajstić information content (AvgIpc) is 3.12. The first-order valence-corrected chi connectivity index (χ1v) is 16.5. The van der Waals surface area contributed by atoms with Crippen molar-refractivity contribution in [3.05, 3.63) is 118 Å². The van der Waals surface area contributed by atoms with Gasteiger partial charge < -0.3 is 24.7 Å². The number of nitrogen functional groups attached to an aromatic ring is 1. The smallest absolute Gasteiger partial charge is 0.273 e. The zero-order valence-corrected chi connectivity index (χ0v) is 27.8. The van der Waals surface area contributed by atoms with E-state index in [4.69, 9.17) is 24.7 Å². The van der Waals surface area contributed by atoms with Crippen molar-refractivity contribution < 1.29 is 23.9 Å². The molecule has 4 aromatic rings. The standard InChI is InChI=1S/C19H22N2O4.C19H24N2O2/c1-24-19-13-16(21(22)23)7-8-18(19)25-17-9-11-20(12-10-17)14-15-5-3-2-4-6-15;1-22-19-13-16(20)7-8-18(19)23-17-9-11-21(12-10-17)14-15-5-3-2-4-6-15/h2-8,13,17H,9-12,14H2,1H3;2-8,13,17H,9-12,14,20H2,1H3. The van der Waals surface area contributed by atoms with Gasteiger partial charge in [-0.05, 0) is 55.0 Å². The maximum absolute atomic E-state index is 10.9. The molecule has 254 valence electrons. The lowest BCUT2D eigenvalue weighted by Gasteiger charge is -2.32. The van der Waals surface area contributed by atoms with Crippen LogP contribution < -0.4 is 24.7 Å². The lowest BCUT2D eigenvalue weighted by atomic mass is 10.1. The Morgan fingerprint density at radius 2 is 1.08 bits per heavy atom. The number of anilines is 1. The molecule has 2 aliphatic rings. The van der Waals surface area contributed by atoms with Gasteiger partial charge >= 0.3 is 0 Å². The van der Waals surface area contributed by atoms with Crippen LogP contribution in [-0.4, -0.2) is 67.3 Å². The highest BCUT2D eigenvalue weighted by molar-refractivity contribution is 5.52. The van der Waals surface area contributed by atoms with Crippen LogP contribution in [0.4, 0.5) is 11.4 Å². The molecule has 0 unspecified atom stereocenters. The number of likely N-dealkylation sites (tertiary alicyclic amines) is 2. The number of hydrogen-bond acceptors (Lipinski definition) is 9. The van der Waals surface area contributed by atoms with Crippen LogP contribution in [0.5, 0.6) is 23.0 Å². The number of methoxy groups -OCH3 is 2. The number of hydrogen-bond donors (Lipinski definition) is 1. The molecular formula is C38H46N4O6. The molecular weight excluding hydrogens is 608 g/mol. The van der Waals surface area contributed by atoms with Crippen LogP contribution in [0.25, 0.3) is 0 Å². The van der Waals surface area contributed by atoms with Crippen LogP contribution in [0, 0.1) is 10.1 Å². The molecule has 2 fully saturated rings. The van der Waals surface area contributed by atoms with Crippen LogP contribution in [0.1, 0.15) is 36.8 Å². The second kappa shape index (κ2) is 17.4. The third-order valence-corrected chi connectivity index (χ3v) is 8.70. The maximum atomic E-state index is 10.9. The summed E-state index contributed by atoms with van der Waals surface area (Å²) in [5, 5.41) is 10.9. The Bertz CT molecular complexity index is 1570. The van der Waals surface area contributed by atoms with Crippen LogP contribution >= 0.6 is 0 Å². The quantitative estimate of drug-likeness (QED) is 0.104. The highest BCUT2D eigenvalue weighted by atomic mass is 16.6. The van der Waals surface area contributed by atoms with Gasteiger partial charge in [-0.15, -0.1) is 0 Å². The summed E-state index contributed by atoms with van der Waals surface area (Å²) >= 11 is 0. The number of nitrogens with two attached hydrogens (primary N) is 1. The Morgan fingerprint density at radius 3 is 1.52 bits per heavy atom. The molecule has 4 aromatic carbocycles. The van der Waals surface area contributed by atoms with E-state index >= 15 is 0 Å². The van der Waals surface area contributed by atoms with Crippen molar-refractivity contribution in [3.63, 3.8) is 0 Å². The van der Waals surface area contributed by atoms with Crippen LogP contribution in [-0.2, 0) is 13.1 Å². The van der Waals surface area contributed by atoms with Crippen molar-refractivity contribution >= 4 is 11.4 Å². The molecule has 6 rings (SSSR count). The fourth-order valence-electron chi connectivity index (χ4n) is 6.06. The zero-order valence-electron chi connectivity index (χ0n) is 27.8. The lowest BCUT2D eigenvalue weighted by Crippen LogP contribution is -2.37. The van der Waals surface area contributed by atoms with Crippen molar-refractivity contribution in [1.29, 1.82) is 0 Å². The van der Waals surface area contributed by atoms with E-state index in [-0.39, 0.29) is 17.9 Å². The van der Waals surface area contributed by atoms with Crippen molar-refractivity contribution in [2.24, 2.45) is 0 Å². The van der Waals surface area contributed by atoms with Gasteiger partial charge in [0.15, 0.2) is 23.0 Å². The summed E-state index contributed by atoms with van der Waals surface area (Å²) in [6.07, 6.45) is 4.24. The van der Waals surface area contributed by atoms with Crippen LogP contribution in [0.3, 0.4) is 0 Å². The van der Waals surface area contributed by atoms with E-state index in [1.165, 1.54) is 30.4 Å². The molecule has 0 aliphatic carbocycles. The van der Waals surface area contributed by atoms with Gasteiger partial charge in [0, 0.05) is 57.1 Å². The minimum Gasteiger partial charge on any atom is -0.493 e. The number of piperidine rings is 2. The molecule has 10 nitrogen and oxygen atoms in total. The Balaban J connectivity index is 0.000000188. The minimum atomic E-state index is -0.436. The van der Waals surface area contributed by atoms with Crippen molar-refractivity contribution in [2.75, 3.05) is 46.1 Å².